The number of furan rings is 1. The minimum Gasteiger partial charge on any atom is -0.456 e. The Morgan fingerprint density at radius 1 is 1.03 bits per heavy atom. The van der Waals surface area contributed by atoms with Crippen LogP contribution >= 0.6 is 0 Å². The Morgan fingerprint density at radius 3 is 2.41 bits per heavy atom. The van der Waals surface area contributed by atoms with Gasteiger partial charge in [0.05, 0.1) is 13.5 Å². The van der Waals surface area contributed by atoms with Crippen molar-refractivity contribution in [3.05, 3.63) is 94.4 Å². The van der Waals surface area contributed by atoms with E-state index >= 15 is 0 Å². The molecule has 0 aliphatic heterocycles. The van der Waals surface area contributed by atoms with Crippen LogP contribution in [0, 0.1) is 27.3 Å². The van der Waals surface area contributed by atoms with Gasteiger partial charge in [0.15, 0.2) is 11.4 Å². The summed E-state index contributed by atoms with van der Waals surface area (Å²) >= 11 is 0. The molecule has 0 spiro atoms. The second kappa shape index (κ2) is 8.15. The van der Waals surface area contributed by atoms with Gasteiger partial charge in [-0.25, -0.2) is 4.85 Å². The summed E-state index contributed by atoms with van der Waals surface area (Å²) in [5.41, 5.74) is 3.77. The molecular formula is C31H29N2O+. The second-order valence-electron chi connectivity index (χ2n) is 8.54. The molecule has 0 aliphatic carbocycles. The summed E-state index contributed by atoms with van der Waals surface area (Å²) in [5.74, 6) is -2.39. The molecule has 34 heavy (non-hydrogen) atoms. The van der Waals surface area contributed by atoms with E-state index in [4.69, 9.17) is 20.6 Å². The monoisotopic (exact) mass is 453 g/mol. The molecule has 0 aliphatic rings. The van der Waals surface area contributed by atoms with Crippen molar-refractivity contribution < 1.29 is 20.0 Å². The van der Waals surface area contributed by atoms with Gasteiger partial charge >= 0.3 is 0 Å². The lowest BCUT2D eigenvalue weighted by atomic mass is 9.93. The highest BCUT2D eigenvalue weighted by molar-refractivity contribution is 6.15. The largest absolute Gasteiger partial charge is 0.456 e. The smallest absolute Gasteiger partial charge is 0.216 e. The fourth-order valence-corrected chi connectivity index (χ4v) is 4.56. The molecule has 0 fully saturated rings. The number of fused-ring (bicyclic) bond motifs is 3. The van der Waals surface area contributed by atoms with Gasteiger partial charge in [0.2, 0.25) is 5.69 Å². The first-order valence-corrected chi connectivity index (χ1v) is 11.0. The molecule has 0 radical (unpaired) electrons. The van der Waals surface area contributed by atoms with Crippen LogP contribution in [0.3, 0.4) is 0 Å². The molecular weight excluding hydrogens is 416 g/mol. The van der Waals surface area contributed by atoms with Crippen molar-refractivity contribution in [1.82, 2.24) is 0 Å². The average molecular weight is 454 g/mol. The predicted octanol–water partition coefficient (Wildman–Crippen LogP) is 8.34. The molecule has 5 aromatic rings. The van der Waals surface area contributed by atoms with Crippen LogP contribution in [0.2, 0.25) is 0 Å². The highest BCUT2D eigenvalue weighted by Crippen LogP contribution is 2.44. The Bertz CT molecular complexity index is 1930. The fourth-order valence-electron chi connectivity index (χ4n) is 4.56. The molecule has 1 atom stereocenters. The van der Waals surface area contributed by atoms with E-state index < -0.39 is 19.6 Å². The number of nitrogens with zero attached hydrogens (tertiary/aromatic N) is 2. The standard InChI is InChI=1S/C31H29N2O/c1-18(2)25-17-27(33(7)21(5)20(25)4)28-19(3)13-14-23-24-15-16-26(32-6)29(31(24)34-30(23)28)22-11-9-8-10-12-22/h8-18H,1-5,7H3/q+1/i1D3,4D3,17D,18D. The highest BCUT2D eigenvalue weighted by atomic mass is 16.3. The van der Waals surface area contributed by atoms with Crippen molar-refractivity contribution in [2.45, 2.75) is 40.4 Å². The Kier molecular flexibility index (Phi) is 3.45. The summed E-state index contributed by atoms with van der Waals surface area (Å²) in [5, 5.41) is 1.48. The van der Waals surface area contributed by atoms with Gasteiger partial charge in [-0.1, -0.05) is 68.4 Å². The maximum atomic E-state index is 9.30. The minimum absolute atomic E-state index is 0.228. The first-order valence-electron chi connectivity index (χ1n) is 15.0. The van der Waals surface area contributed by atoms with Crippen LogP contribution in [-0.4, -0.2) is 0 Å². The zero-order valence-electron chi connectivity index (χ0n) is 27.5. The quantitative estimate of drug-likeness (QED) is 0.199. The van der Waals surface area contributed by atoms with Crippen molar-refractivity contribution in [3.63, 3.8) is 0 Å². The number of aryl methyl sites for hydroxylation is 1. The van der Waals surface area contributed by atoms with Crippen LogP contribution in [-0.2, 0) is 7.05 Å². The van der Waals surface area contributed by atoms with E-state index in [0.717, 1.165) is 23.3 Å². The third-order valence-electron chi connectivity index (χ3n) is 6.48. The SMILES string of the molecule is [2H]c1c(C([2H])(C)C([2H])([2H])[2H])c(C([2H])([2H])[2H])c(C)[n+](C)c1-c1c(C)ccc2c1oc1c(-c3ccccc3)c([N+]#[C-])ccc12. The molecule has 0 amide bonds. The summed E-state index contributed by atoms with van der Waals surface area (Å²) in [6.45, 7) is 6.64. The van der Waals surface area contributed by atoms with Gasteiger partial charge in [0.1, 0.15) is 18.2 Å². The molecule has 168 valence electrons. The van der Waals surface area contributed by atoms with Crippen molar-refractivity contribution >= 4 is 27.6 Å². The Labute approximate surface area is 212 Å². The first-order chi connectivity index (χ1) is 19.5. The van der Waals surface area contributed by atoms with E-state index in [9.17, 15) is 1.37 Å². The van der Waals surface area contributed by atoms with E-state index in [-0.39, 0.29) is 28.6 Å². The van der Waals surface area contributed by atoms with Gasteiger partial charge in [0, 0.05) is 44.5 Å². The number of aromatic nitrogens is 1. The number of pyridine rings is 1. The lowest BCUT2D eigenvalue weighted by Crippen LogP contribution is -2.36. The van der Waals surface area contributed by atoms with E-state index in [1.54, 1.807) is 24.6 Å². The number of hydrogen-bond acceptors (Lipinski definition) is 1. The van der Waals surface area contributed by atoms with E-state index in [1.807, 2.05) is 55.5 Å². The maximum absolute atomic E-state index is 9.30. The molecule has 1 unspecified atom stereocenters. The lowest BCUT2D eigenvalue weighted by molar-refractivity contribution is -0.667. The molecule has 0 saturated heterocycles. The van der Waals surface area contributed by atoms with Crippen molar-refractivity contribution in [2.24, 2.45) is 7.05 Å². The Hall–Kier alpha value is -3.90. The van der Waals surface area contributed by atoms with Crippen LogP contribution in [0.5, 0.6) is 0 Å². The molecule has 0 bridgehead atoms. The molecule has 5 rings (SSSR count). The molecule has 2 aromatic heterocycles. The van der Waals surface area contributed by atoms with Gasteiger partial charge in [0.25, 0.3) is 0 Å². The normalized spacial score (nSPS) is 17.4. The third-order valence-corrected chi connectivity index (χ3v) is 6.48. The molecule has 0 N–H and O–H groups in total. The number of rotatable bonds is 3. The summed E-state index contributed by atoms with van der Waals surface area (Å²) in [7, 11) is 1.63. The summed E-state index contributed by atoms with van der Waals surface area (Å²) in [4.78, 5) is 3.73. The van der Waals surface area contributed by atoms with E-state index in [1.165, 1.54) is 0 Å². The lowest BCUT2D eigenvalue weighted by Gasteiger charge is -2.14. The molecule has 2 heterocycles. The van der Waals surface area contributed by atoms with Crippen molar-refractivity contribution in [1.29, 1.82) is 0 Å². The summed E-state index contributed by atoms with van der Waals surface area (Å²) in [6.07, 6.45) is 0. The van der Waals surface area contributed by atoms with Gasteiger partial charge in [-0.15, -0.1) is 0 Å². The van der Waals surface area contributed by atoms with Crippen molar-refractivity contribution in [3.8, 4) is 22.4 Å². The zero-order chi connectivity index (χ0) is 30.9. The summed E-state index contributed by atoms with van der Waals surface area (Å²) < 4.78 is 75.3. The molecule has 3 nitrogen and oxygen atoms in total. The van der Waals surface area contributed by atoms with Crippen LogP contribution in [0.1, 0.15) is 53.0 Å². The van der Waals surface area contributed by atoms with E-state index in [2.05, 4.69) is 4.85 Å². The minimum atomic E-state index is -2.91. The fraction of sp³-hybridized carbons (Fsp3) is 0.226. The van der Waals surface area contributed by atoms with Crippen LogP contribution in [0.25, 0.3) is 49.2 Å². The average Bonchev–Trinajstić information content (AvgIpc) is 3.28. The van der Waals surface area contributed by atoms with Gasteiger partial charge in [-0.3, -0.25) is 0 Å². The Morgan fingerprint density at radius 2 is 1.74 bits per heavy atom. The van der Waals surface area contributed by atoms with Gasteiger partial charge in [-0.05, 0) is 36.4 Å². The van der Waals surface area contributed by atoms with E-state index in [0.29, 0.717) is 33.5 Å². The van der Waals surface area contributed by atoms with Crippen LogP contribution < -0.4 is 4.57 Å². The molecule has 3 aromatic carbocycles. The first kappa shape index (κ1) is 14.4. The molecule has 3 heteroatoms. The van der Waals surface area contributed by atoms with Gasteiger partial charge in [-0.2, -0.15) is 4.57 Å². The zero-order valence-corrected chi connectivity index (χ0v) is 19.5. The van der Waals surface area contributed by atoms with Gasteiger partial charge < -0.3 is 4.42 Å². The Balaban J connectivity index is 1.98. The van der Waals surface area contributed by atoms with Crippen LogP contribution in [0.4, 0.5) is 5.69 Å². The highest BCUT2D eigenvalue weighted by Gasteiger charge is 2.26. The summed E-state index contributed by atoms with van der Waals surface area (Å²) in [6, 6.07) is 16.4. The predicted molar refractivity (Wildman–Crippen MR) is 140 cm³/mol. The van der Waals surface area contributed by atoms with Crippen LogP contribution in [0.15, 0.2) is 65.1 Å². The second-order valence-corrected chi connectivity index (χ2v) is 8.54. The third kappa shape index (κ3) is 3.22. The number of benzene rings is 3. The topological polar surface area (TPSA) is 21.4 Å². The molecule has 0 saturated carbocycles. The maximum Gasteiger partial charge on any atom is 0.216 e. The number of hydrogen-bond donors (Lipinski definition) is 0. The van der Waals surface area contributed by atoms with Crippen molar-refractivity contribution in [2.75, 3.05) is 0 Å².